The van der Waals surface area contributed by atoms with E-state index in [4.69, 9.17) is 5.73 Å². The second kappa shape index (κ2) is 7.68. The molecule has 0 saturated heterocycles. The lowest BCUT2D eigenvalue weighted by Crippen LogP contribution is -2.27. The van der Waals surface area contributed by atoms with Crippen molar-refractivity contribution in [2.75, 3.05) is 24.3 Å². The third kappa shape index (κ3) is 4.09. The number of rotatable bonds is 5. The zero-order chi connectivity index (χ0) is 18.7. The zero-order valence-electron chi connectivity index (χ0n) is 15.1. The Hall–Kier alpha value is -2.70. The molecule has 7 heteroatoms. The van der Waals surface area contributed by atoms with Gasteiger partial charge >= 0.3 is 0 Å². The molecule has 1 aliphatic rings. The minimum absolute atomic E-state index is 0.139. The lowest BCUT2D eigenvalue weighted by molar-refractivity contribution is 0.0998. The highest BCUT2D eigenvalue weighted by Gasteiger charge is 2.26. The first kappa shape index (κ1) is 18.1. The maximum atomic E-state index is 13.6. The fourth-order valence-corrected chi connectivity index (χ4v) is 3.49. The van der Waals surface area contributed by atoms with Gasteiger partial charge in [-0.2, -0.15) is 4.98 Å². The van der Waals surface area contributed by atoms with E-state index in [1.54, 1.807) is 6.20 Å². The molecular weight excluding hydrogens is 333 g/mol. The van der Waals surface area contributed by atoms with Crippen LogP contribution in [-0.2, 0) is 0 Å². The number of benzene rings is 1. The van der Waals surface area contributed by atoms with Gasteiger partial charge < -0.3 is 16.0 Å². The number of carbonyl (C=O) groups excluding carboxylic acids is 1. The van der Waals surface area contributed by atoms with E-state index >= 15 is 0 Å². The summed E-state index contributed by atoms with van der Waals surface area (Å²) in [4.78, 5) is 22.3. The number of nitrogens with zero attached hydrogens (tertiary/aromatic N) is 3. The van der Waals surface area contributed by atoms with Gasteiger partial charge in [0.15, 0.2) is 0 Å². The second-order valence-corrected chi connectivity index (χ2v) is 6.92. The minimum atomic E-state index is -0.505. The molecule has 3 N–H and O–H groups in total. The van der Waals surface area contributed by atoms with E-state index in [9.17, 15) is 9.18 Å². The zero-order valence-corrected chi connectivity index (χ0v) is 15.1. The Bertz CT molecular complexity index is 787. The fourth-order valence-electron chi connectivity index (χ4n) is 3.49. The van der Waals surface area contributed by atoms with Gasteiger partial charge in [0.05, 0.1) is 0 Å². The van der Waals surface area contributed by atoms with Crippen LogP contribution in [0.5, 0.6) is 0 Å². The van der Waals surface area contributed by atoms with E-state index in [-0.39, 0.29) is 17.8 Å². The van der Waals surface area contributed by atoms with Gasteiger partial charge in [-0.1, -0.05) is 0 Å². The second-order valence-electron chi connectivity index (χ2n) is 6.92. The number of primary amides is 1. The highest BCUT2D eigenvalue weighted by molar-refractivity contribution is 5.94. The average Bonchev–Trinajstić information content (AvgIpc) is 2.62. The van der Waals surface area contributed by atoms with Gasteiger partial charge in [-0.3, -0.25) is 4.79 Å². The summed E-state index contributed by atoms with van der Waals surface area (Å²) >= 11 is 0. The predicted molar refractivity (Wildman–Crippen MR) is 99.9 cm³/mol. The molecule has 0 unspecified atom stereocenters. The first-order valence-corrected chi connectivity index (χ1v) is 8.80. The summed E-state index contributed by atoms with van der Waals surface area (Å²) in [6.07, 6.45) is 5.25. The van der Waals surface area contributed by atoms with Crippen molar-refractivity contribution in [2.24, 2.45) is 5.73 Å². The van der Waals surface area contributed by atoms with Crippen molar-refractivity contribution >= 4 is 17.7 Å². The molecule has 26 heavy (non-hydrogen) atoms. The smallest absolute Gasteiger partial charge is 0.248 e. The van der Waals surface area contributed by atoms with Crippen molar-refractivity contribution in [2.45, 2.75) is 37.6 Å². The summed E-state index contributed by atoms with van der Waals surface area (Å²) in [6.45, 7) is 0. The van der Waals surface area contributed by atoms with Crippen molar-refractivity contribution in [3.8, 4) is 0 Å². The highest BCUT2D eigenvalue weighted by atomic mass is 19.1. The van der Waals surface area contributed by atoms with E-state index in [1.165, 1.54) is 18.2 Å². The summed E-state index contributed by atoms with van der Waals surface area (Å²) in [5, 5.41) is 3.38. The number of nitrogens with two attached hydrogens (primary N) is 1. The number of nitrogens with one attached hydrogen (secondary N) is 1. The van der Waals surface area contributed by atoms with Crippen LogP contribution in [0.3, 0.4) is 0 Å². The van der Waals surface area contributed by atoms with Crippen LogP contribution < -0.4 is 16.0 Å². The molecule has 1 amide bonds. The third-order valence-electron chi connectivity index (χ3n) is 4.88. The Morgan fingerprint density at radius 2 is 1.96 bits per heavy atom. The predicted octanol–water partition coefficient (Wildman–Crippen LogP) is 2.92. The van der Waals surface area contributed by atoms with Crippen LogP contribution in [0.15, 0.2) is 30.5 Å². The van der Waals surface area contributed by atoms with Crippen molar-refractivity contribution < 1.29 is 9.18 Å². The number of carbonyl (C=O) groups is 1. The molecule has 3 rings (SSSR count). The average molecular weight is 357 g/mol. The summed E-state index contributed by atoms with van der Waals surface area (Å²) in [5.74, 6) is 0.763. The number of amides is 1. The van der Waals surface area contributed by atoms with Crippen molar-refractivity contribution in [1.29, 1.82) is 0 Å². The maximum Gasteiger partial charge on any atom is 0.248 e. The van der Waals surface area contributed by atoms with Gasteiger partial charge in [-0.15, -0.1) is 0 Å². The molecule has 0 radical (unpaired) electrons. The largest absolute Gasteiger partial charge is 0.366 e. The Labute approximate surface area is 152 Å². The van der Waals surface area contributed by atoms with E-state index < -0.39 is 5.91 Å². The van der Waals surface area contributed by atoms with Crippen molar-refractivity contribution in [3.05, 3.63) is 47.4 Å². The van der Waals surface area contributed by atoms with E-state index in [2.05, 4.69) is 15.3 Å². The minimum Gasteiger partial charge on any atom is -0.366 e. The molecule has 1 heterocycles. The number of hydrogen-bond acceptors (Lipinski definition) is 5. The summed E-state index contributed by atoms with van der Waals surface area (Å²) in [5.41, 5.74) is 6.59. The van der Waals surface area contributed by atoms with Gasteiger partial charge in [-0.25, -0.2) is 9.37 Å². The van der Waals surface area contributed by atoms with Crippen LogP contribution in [0.4, 0.5) is 16.2 Å². The van der Waals surface area contributed by atoms with Crippen molar-refractivity contribution in [1.82, 2.24) is 9.97 Å². The van der Waals surface area contributed by atoms with Crippen LogP contribution in [0.25, 0.3) is 0 Å². The van der Waals surface area contributed by atoms with Crippen LogP contribution >= 0.6 is 0 Å². The number of aromatic nitrogens is 2. The molecule has 0 atom stereocenters. The van der Waals surface area contributed by atoms with Gasteiger partial charge in [0.25, 0.3) is 0 Å². The van der Waals surface area contributed by atoms with Gasteiger partial charge in [0.2, 0.25) is 11.9 Å². The van der Waals surface area contributed by atoms with E-state index in [0.717, 1.165) is 37.1 Å². The molecular formula is C19H24FN5O. The molecule has 0 aliphatic heterocycles. The monoisotopic (exact) mass is 357 g/mol. The summed E-state index contributed by atoms with van der Waals surface area (Å²) in [7, 11) is 3.87. The fraction of sp³-hybridized carbons (Fsp3) is 0.421. The third-order valence-corrected chi connectivity index (χ3v) is 4.88. The molecule has 0 bridgehead atoms. The van der Waals surface area contributed by atoms with Crippen LogP contribution in [0.1, 0.15) is 47.5 Å². The number of halogens is 1. The Balaban J connectivity index is 1.66. The highest BCUT2D eigenvalue weighted by Crippen LogP contribution is 2.35. The first-order chi connectivity index (χ1) is 12.4. The number of hydrogen-bond donors (Lipinski definition) is 2. The first-order valence-electron chi connectivity index (χ1n) is 8.80. The molecule has 1 aromatic carbocycles. The van der Waals surface area contributed by atoms with Crippen LogP contribution in [0, 0.1) is 5.82 Å². The lowest BCUT2D eigenvalue weighted by Gasteiger charge is -2.30. The van der Waals surface area contributed by atoms with Gasteiger partial charge in [-0.05, 0) is 61.4 Å². The quantitative estimate of drug-likeness (QED) is 0.859. The molecule has 138 valence electrons. The molecule has 1 aromatic heterocycles. The lowest BCUT2D eigenvalue weighted by atomic mass is 9.80. The molecule has 1 aliphatic carbocycles. The van der Waals surface area contributed by atoms with Gasteiger partial charge in [0, 0.05) is 31.9 Å². The number of anilines is 2. The van der Waals surface area contributed by atoms with E-state index in [0.29, 0.717) is 11.5 Å². The van der Waals surface area contributed by atoms with Crippen LogP contribution in [0.2, 0.25) is 0 Å². The SMILES string of the molecule is CN(C)c1ccnc(NC2CCC(c3cc(F)ccc3C(N)=O)CC2)n1. The molecule has 0 spiro atoms. The van der Waals surface area contributed by atoms with Crippen LogP contribution in [-0.4, -0.2) is 36.0 Å². The summed E-state index contributed by atoms with van der Waals surface area (Å²) in [6, 6.07) is 6.33. The van der Waals surface area contributed by atoms with E-state index in [1.807, 2.05) is 25.1 Å². The molecule has 2 aromatic rings. The Morgan fingerprint density at radius 1 is 1.23 bits per heavy atom. The Morgan fingerprint density at radius 3 is 2.62 bits per heavy atom. The topological polar surface area (TPSA) is 84.1 Å². The summed E-state index contributed by atoms with van der Waals surface area (Å²) < 4.78 is 13.6. The maximum absolute atomic E-state index is 13.6. The van der Waals surface area contributed by atoms with Crippen molar-refractivity contribution in [3.63, 3.8) is 0 Å². The molecule has 6 nitrogen and oxygen atoms in total. The normalized spacial score (nSPS) is 19.8. The Kier molecular flexibility index (Phi) is 5.35. The molecule has 1 fully saturated rings. The van der Waals surface area contributed by atoms with Gasteiger partial charge in [0.1, 0.15) is 11.6 Å². The standard InChI is InChI=1S/C19H24FN5O/c1-25(2)17-9-10-22-19(24-17)23-14-6-3-12(4-7-14)16-11-13(20)5-8-15(16)18(21)26/h5,8-12,14H,3-4,6-7H2,1-2H3,(H2,21,26)(H,22,23,24). The molecule has 1 saturated carbocycles.